The number of carbonyl (C=O) groups is 3. The number of allylic oxidation sites excluding steroid dienone is 6. The van der Waals surface area contributed by atoms with Crippen LogP contribution in [0.4, 0.5) is 0 Å². The molecule has 6 nitrogen and oxygen atoms in total. The van der Waals surface area contributed by atoms with Gasteiger partial charge in [0.25, 0.3) is 0 Å². The predicted molar refractivity (Wildman–Crippen MR) is 92.0 cm³/mol. The molecule has 0 spiro atoms. The molecule has 0 aliphatic heterocycles. The van der Waals surface area contributed by atoms with Crippen LogP contribution in [0.25, 0.3) is 0 Å². The molecule has 0 radical (unpaired) electrons. The summed E-state index contributed by atoms with van der Waals surface area (Å²) in [6.45, 7) is 0. The maximum Gasteiger partial charge on any atom is 0.303 e. The first-order valence-corrected chi connectivity index (χ1v) is 7.85. The average molecular weight is 388 g/mol. The fraction of sp³-hybridized carbons (Fsp3) is 0.389. The van der Waals surface area contributed by atoms with Crippen molar-refractivity contribution in [3.8, 4) is 0 Å². The van der Waals surface area contributed by atoms with Gasteiger partial charge in [0, 0.05) is 61.7 Å². The van der Waals surface area contributed by atoms with Crippen molar-refractivity contribution >= 4 is 17.8 Å². The first-order valence-electron chi connectivity index (χ1n) is 7.85. The third-order valence-electron chi connectivity index (χ3n) is 3.32. The van der Waals surface area contributed by atoms with Crippen LogP contribution in [0.1, 0.15) is 32.1 Å². The molecule has 2 N–H and O–H groups in total. The van der Waals surface area contributed by atoms with E-state index in [1.165, 1.54) is 0 Å². The van der Waals surface area contributed by atoms with E-state index in [1.807, 2.05) is 36.5 Å². The third-order valence-corrected chi connectivity index (χ3v) is 3.32. The Morgan fingerprint density at radius 1 is 1.08 bits per heavy atom. The molecule has 0 aromatic rings. The van der Waals surface area contributed by atoms with E-state index in [4.69, 9.17) is 5.11 Å². The molecule has 7 heteroatoms. The van der Waals surface area contributed by atoms with E-state index < -0.39 is 5.97 Å². The van der Waals surface area contributed by atoms with Gasteiger partial charge in [-0.25, -0.2) is 0 Å². The van der Waals surface area contributed by atoms with E-state index >= 15 is 0 Å². The normalized spacial score (nSPS) is 13.8. The molecule has 0 saturated carbocycles. The summed E-state index contributed by atoms with van der Waals surface area (Å²) in [4.78, 5) is 34.1. The number of nitrogens with zero attached hydrogens (tertiary/aromatic N) is 1. The number of rotatable bonds is 6. The average Bonchev–Trinajstić information content (AvgIpc) is 3.19. The van der Waals surface area contributed by atoms with Crippen molar-refractivity contribution < 1.29 is 36.6 Å². The van der Waals surface area contributed by atoms with Gasteiger partial charge < -0.3 is 15.3 Å². The summed E-state index contributed by atoms with van der Waals surface area (Å²) in [6.07, 6.45) is 13.7. The summed E-state index contributed by atoms with van der Waals surface area (Å²) >= 11 is 0. The predicted octanol–water partition coefficient (Wildman–Crippen LogP) is 2.16. The molecule has 0 unspecified atom stereocenters. The molecule has 0 atom stereocenters. The van der Waals surface area contributed by atoms with Crippen molar-refractivity contribution in [1.29, 1.82) is 0 Å². The van der Waals surface area contributed by atoms with Gasteiger partial charge in [-0.3, -0.25) is 14.4 Å². The molecule has 2 aliphatic carbocycles. The molecular weight excluding hydrogens is 364 g/mol. The van der Waals surface area contributed by atoms with E-state index in [9.17, 15) is 14.4 Å². The van der Waals surface area contributed by atoms with Gasteiger partial charge in [0.05, 0.1) is 0 Å². The number of carboxylic acid groups (broad SMARTS) is 1. The van der Waals surface area contributed by atoms with Gasteiger partial charge in [-0.15, -0.1) is 0 Å². The van der Waals surface area contributed by atoms with Crippen molar-refractivity contribution in [3.63, 3.8) is 0 Å². The van der Waals surface area contributed by atoms with Crippen molar-refractivity contribution in [2.24, 2.45) is 0 Å². The Bertz CT molecular complexity index is 604. The number of aliphatic carboxylic acids is 1. The molecule has 138 valence electrons. The van der Waals surface area contributed by atoms with Gasteiger partial charge in [0.1, 0.15) is 0 Å². The van der Waals surface area contributed by atoms with Crippen LogP contribution in [-0.2, 0) is 31.5 Å². The summed E-state index contributed by atoms with van der Waals surface area (Å²) in [5, 5.41) is 11.1. The number of hydrogen-bond acceptors (Lipinski definition) is 3. The second-order valence-corrected chi connectivity index (χ2v) is 5.64. The van der Waals surface area contributed by atoms with Crippen LogP contribution in [0, 0.1) is 0 Å². The monoisotopic (exact) mass is 388 g/mol. The number of amides is 2. The zero-order valence-electron chi connectivity index (χ0n) is 14.5. The fourth-order valence-corrected chi connectivity index (χ4v) is 2.07. The maximum atomic E-state index is 11.2. The second kappa shape index (κ2) is 12.3. The zero-order chi connectivity index (χ0) is 17.9. The fourth-order valence-electron chi connectivity index (χ4n) is 2.07. The van der Waals surface area contributed by atoms with Crippen molar-refractivity contribution in [2.45, 2.75) is 32.1 Å². The number of nitrogens with one attached hydrogen (secondary N) is 1. The molecule has 2 amide bonds. The van der Waals surface area contributed by atoms with Crippen molar-refractivity contribution in [3.05, 3.63) is 47.7 Å². The van der Waals surface area contributed by atoms with Gasteiger partial charge in [-0.2, -0.15) is 0 Å². The number of carboxylic acids is 1. The summed E-state index contributed by atoms with van der Waals surface area (Å²) in [5.41, 5.74) is 1.76. The second-order valence-electron chi connectivity index (χ2n) is 5.64. The minimum absolute atomic E-state index is 0. The minimum atomic E-state index is -0.862. The zero-order valence-corrected chi connectivity index (χ0v) is 15.6. The molecule has 0 bridgehead atoms. The maximum absolute atomic E-state index is 11.2. The Morgan fingerprint density at radius 3 is 2.20 bits per heavy atom. The van der Waals surface area contributed by atoms with E-state index in [1.54, 1.807) is 19.0 Å². The first kappa shape index (κ1) is 22.9. The Morgan fingerprint density at radius 2 is 1.72 bits per heavy atom. The van der Waals surface area contributed by atoms with Crippen LogP contribution in [0.2, 0.25) is 0 Å². The molecule has 0 aromatic heterocycles. The van der Waals surface area contributed by atoms with Crippen molar-refractivity contribution in [2.75, 3.05) is 14.1 Å². The number of hydrogen-bond donors (Lipinski definition) is 2. The summed E-state index contributed by atoms with van der Waals surface area (Å²) in [6, 6.07) is 0. The molecule has 2 rings (SSSR count). The molecule has 0 heterocycles. The molecule has 2 aliphatic rings. The topological polar surface area (TPSA) is 86.7 Å². The number of likely N-dealkylation sites (N-methyl/N-ethyl adjacent to an activating group) is 1. The molecule has 0 saturated heterocycles. The van der Waals surface area contributed by atoms with Gasteiger partial charge in [0.2, 0.25) is 11.8 Å². The molecule has 25 heavy (non-hydrogen) atoms. The van der Waals surface area contributed by atoms with Crippen molar-refractivity contribution in [1.82, 2.24) is 10.2 Å². The quantitative estimate of drug-likeness (QED) is 0.683. The van der Waals surface area contributed by atoms with E-state index in [0.717, 1.165) is 24.1 Å². The van der Waals surface area contributed by atoms with Gasteiger partial charge in [0.15, 0.2) is 0 Å². The van der Waals surface area contributed by atoms with E-state index in [-0.39, 0.29) is 41.7 Å². The Balaban J connectivity index is 0.000000465. The van der Waals surface area contributed by atoms with Crippen LogP contribution in [-0.4, -0.2) is 41.9 Å². The molecule has 0 aromatic carbocycles. The Kier molecular flexibility index (Phi) is 11.2. The van der Waals surface area contributed by atoms with Gasteiger partial charge in [-0.1, -0.05) is 30.4 Å². The van der Waals surface area contributed by atoms with E-state index in [2.05, 4.69) is 5.32 Å². The Hall–Kier alpha value is -2.11. The minimum Gasteiger partial charge on any atom is -0.481 e. The third kappa shape index (κ3) is 9.69. The summed E-state index contributed by atoms with van der Waals surface area (Å²) in [7, 11) is 3.53. The standard InChI is InChI=1S/C10H13NO3.C8H11NO.Fe/c12-9(6-3-7-10(13)14)11-8-4-1-2-5-8;1-9(2)8(10)7-5-3-4-6-7;/h1-2,4H,3,5-7H2,(H,11,12)(H,13,14);3-5H,6H2,1-2H3;. The SMILES string of the molecule is CN(C)C(=O)C1=CC=CC1.O=C(O)CCCC(=O)NC1=CC=CC1.[Fe]. The smallest absolute Gasteiger partial charge is 0.303 e. The van der Waals surface area contributed by atoms with Crippen LogP contribution < -0.4 is 5.32 Å². The molecular formula is C18H24FeN2O4. The Labute approximate surface area is 158 Å². The van der Waals surface area contributed by atoms with Gasteiger partial charge in [-0.05, 0) is 18.9 Å². The number of carbonyl (C=O) groups excluding carboxylic acids is 2. The first-order chi connectivity index (χ1) is 11.4. The van der Waals surface area contributed by atoms with Gasteiger partial charge >= 0.3 is 5.97 Å². The summed E-state index contributed by atoms with van der Waals surface area (Å²) < 4.78 is 0. The van der Waals surface area contributed by atoms with Crippen LogP contribution in [0.15, 0.2) is 47.7 Å². The summed E-state index contributed by atoms with van der Waals surface area (Å²) in [5.74, 6) is -0.856. The van der Waals surface area contributed by atoms with Crippen LogP contribution in [0.5, 0.6) is 0 Å². The van der Waals surface area contributed by atoms with E-state index in [0.29, 0.717) is 6.42 Å². The van der Waals surface area contributed by atoms with Crippen LogP contribution in [0.3, 0.4) is 0 Å². The molecule has 0 fully saturated rings. The largest absolute Gasteiger partial charge is 0.481 e. The van der Waals surface area contributed by atoms with Crippen LogP contribution >= 0.6 is 0 Å².